The first-order valence-electron chi connectivity index (χ1n) is 15.3. The third kappa shape index (κ3) is 8.19. The van der Waals surface area contributed by atoms with Gasteiger partial charge in [-0.2, -0.15) is 0 Å². The molecular formula is C37H40N4O5. The number of aromatic nitrogens is 2. The number of hydrogen-bond donors (Lipinski definition) is 2. The van der Waals surface area contributed by atoms with Gasteiger partial charge in [-0.05, 0) is 29.8 Å². The molecule has 9 nitrogen and oxygen atoms in total. The maximum absolute atomic E-state index is 12.8. The number of nitrogens with two attached hydrogens (primary N) is 1. The van der Waals surface area contributed by atoms with Crippen molar-refractivity contribution in [1.82, 2.24) is 14.9 Å². The summed E-state index contributed by atoms with van der Waals surface area (Å²) < 4.78 is 24.2. The molecule has 1 heterocycles. The first-order valence-corrected chi connectivity index (χ1v) is 15.3. The number of nitrogens with one attached hydrogen (secondary N) is 1. The fourth-order valence-corrected chi connectivity index (χ4v) is 5.14. The summed E-state index contributed by atoms with van der Waals surface area (Å²) in [6.45, 7) is 3.26. The van der Waals surface area contributed by atoms with E-state index >= 15 is 0 Å². The lowest BCUT2D eigenvalue weighted by Crippen LogP contribution is -2.27. The number of rotatable bonds is 16. The number of hydrogen-bond acceptors (Lipinski definition) is 7. The number of benzene rings is 4. The molecule has 9 heteroatoms. The molecule has 0 bridgehead atoms. The Bertz CT molecular complexity index is 1670. The van der Waals surface area contributed by atoms with E-state index in [1.54, 1.807) is 14.2 Å². The Morgan fingerprint density at radius 3 is 1.96 bits per heavy atom. The van der Waals surface area contributed by atoms with E-state index in [1.807, 2.05) is 78.9 Å². The van der Waals surface area contributed by atoms with E-state index in [9.17, 15) is 4.79 Å². The van der Waals surface area contributed by atoms with Crippen LogP contribution in [0.15, 0.2) is 103 Å². The first kappa shape index (κ1) is 32.4. The Balaban J connectivity index is 1.45. The van der Waals surface area contributed by atoms with E-state index in [0.717, 1.165) is 39.5 Å². The van der Waals surface area contributed by atoms with Gasteiger partial charge < -0.3 is 34.6 Å². The summed E-state index contributed by atoms with van der Waals surface area (Å²) in [4.78, 5) is 18.1. The van der Waals surface area contributed by atoms with Crippen molar-refractivity contribution >= 4 is 5.91 Å². The minimum absolute atomic E-state index is 0.155. The third-order valence-electron chi connectivity index (χ3n) is 7.39. The molecule has 0 aliphatic heterocycles. The number of carbonyl (C=O) groups excluding carboxylic acids is 1. The van der Waals surface area contributed by atoms with Gasteiger partial charge in [-0.25, -0.2) is 4.98 Å². The first-order chi connectivity index (χ1) is 22.6. The van der Waals surface area contributed by atoms with Crippen LogP contribution in [0.3, 0.4) is 0 Å². The van der Waals surface area contributed by atoms with Gasteiger partial charge in [-0.15, -0.1) is 0 Å². The number of methoxy groups -OCH3 is 2. The fraction of sp³-hybridized carbons (Fsp3) is 0.243. The van der Waals surface area contributed by atoms with Crippen LogP contribution in [0.25, 0.3) is 33.9 Å². The van der Waals surface area contributed by atoms with E-state index in [0.29, 0.717) is 63.1 Å². The normalized spacial score (nSPS) is 10.9. The van der Waals surface area contributed by atoms with Crippen molar-refractivity contribution in [2.75, 3.05) is 53.7 Å². The highest BCUT2D eigenvalue weighted by molar-refractivity contribution is 5.94. The lowest BCUT2D eigenvalue weighted by Gasteiger charge is -2.15. The maximum atomic E-state index is 12.8. The van der Waals surface area contributed by atoms with E-state index in [2.05, 4.69) is 34.1 Å². The number of imidazole rings is 1. The van der Waals surface area contributed by atoms with Crippen molar-refractivity contribution < 1.29 is 23.7 Å². The zero-order valence-electron chi connectivity index (χ0n) is 26.3. The van der Waals surface area contributed by atoms with Crippen LogP contribution >= 0.6 is 0 Å². The van der Waals surface area contributed by atoms with E-state index < -0.39 is 0 Å². The number of ether oxygens (including phenoxy) is 4. The summed E-state index contributed by atoms with van der Waals surface area (Å²) in [6, 6.07) is 33.9. The van der Waals surface area contributed by atoms with E-state index in [-0.39, 0.29) is 5.91 Å². The third-order valence-corrected chi connectivity index (χ3v) is 7.39. The molecule has 0 radical (unpaired) electrons. The second-order valence-electron chi connectivity index (χ2n) is 10.5. The van der Waals surface area contributed by atoms with Gasteiger partial charge in [0.1, 0.15) is 17.3 Å². The number of carbonyl (C=O) groups is 1. The summed E-state index contributed by atoms with van der Waals surface area (Å²) in [5.41, 5.74) is 11.8. The molecule has 1 aromatic heterocycles. The lowest BCUT2D eigenvalue weighted by molar-refractivity contribution is 0.0511. The quantitative estimate of drug-likeness (QED) is 0.137. The smallest absolute Gasteiger partial charge is 0.251 e. The largest absolute Gasteiger partial charge is 0.497 e. The van der Waals surface area contributed by atoms with Gasteiger partial charge in [-0.1, -0.05) is 72.8 Å². The Morgan fingerprint density at radius 1 is 0.739 bits per heavy atom. The Kier molecular flexibility index (Phi) is 11.5. The Morgan fingerprint density at radius 2 is 1.35 bits per heavy atom. The molecule has 0 saturated heterocycles. The molecular weight excluding hydrogens is 580 g/mol. The van der Waals surface area contributed by atoms with Gasteiger partial charge in [-0.3, -0.25) is 4.79 Å². The molecule has 46 heavy (non-hydrogen) atoms. The summed E-state index contributed by atoms with van der Waals surface area (Å²) in [7, 11) is 3.28. The molecule has 0 aliphatic rings. The Hall–Kier alpha value is -4.96. The molecule has 3 N–H and O–H groups in total. The van der Waals surface area contributed by atoms with E-state index in [1.165, 1.54) is 0 Å². The van der Waals surface area contributed by atoms with Crippen LogP contribution < -0.4 is 20.5 Å². The predicted molar refractivity (Wildman–Crippen MR) is 180 cm³/mol. The van der Waals surface area contributed by atoms with Crippen molar-refractivity contribution in [2.45, 2.75) is 6.54 Å². The monoisotopic (exact) mass is 620 g/mol. The highest BCUT2D eigenvalue weighted by atomic mass is 16.5. The van der Waals surface area contributed by atoms with Crippen molar-refractivity contribution in [2.24, 2.45) is 5.73 Å². The van der Waals surface area contributed by atoms with Crippen molar-refractivity contribution in [3.05, 3.63) is 114 Å². The molecule has 0 unspecified atom stereocenters. The summed E-state index contributed by atoms with van der Waals surface area (Å²) >= 11 is 0. The minimum Gasteiger partial charge on any atom is -0.497 e. The predicted octanol–water partition coefficient (Wildman–Crippen LogP) is 5.67. The second kappa shape index (κ2) is 16.4. The summed E-state index contributed by atoms with van der Waals surface area (Å²) in [6.07, 6.45) is 0. The van der Waals surface area contributed by atoms with Crippen LogP contribution in [-0.2, 0) is 16.0 Å². The highest BCUT2D eigenvalue weighted by Gasteiger charge is 2.22. The topological polar surface area (TPSA) is 110 Å². The van der Waals surface area contributed by atoms with Crippen LogP contribution in [0.4, 0.5) is 0 Å². The van der Waals surface area contributed by atoms with E-state index in [4.69, 9.17) is 29.7 Å². The molecule has 238 valence electrons. The molecule has 0 atom stereocenters. The summed E-state index contributed by atoms with van der Waals surface area (Å²) in [5, 5.41) is 2.91. The molecule has 5 aromatic rings. The van der Waals surface area contributed by atoms with Gasteiger partial charge in [0.25, 0.3) is 5.91 Å². The Labute approximate surface area is 269 Å². The average Bonchev–Trinajstić information content (AvgIpc) is 3.49. The molecule has 0 aliphatic carbocycles. The highest BCUT2D eigenvalue weighted by Crippen LogP contribution is 2.38. The fourth-order valence-electron chi connectivity index (χ4n) is 5.14. The van der Waals surface area contributed by atoms with Crippen LogP contribution in [0.2, 0.25) is 0 Å². The average molecular weight is 621 g/mol. The van der Waals surface area contributed by atoms with Crippen LogP contribution in [-0.4, -0.2) is 69.2 Å². The van der Waals surface area contributed by atoms with Gasteiger partial charge in [0.05, 0.1) is 52.0 Å². The number of amides is 1. The number of nitrogens with zero attached hydrogens (tertiary/aromatic N) is 2. The molecule has 0 spiro atoms. The molecule has 4 aromatic carbocycles. The van der Waals surface area contributed by atoms with Gasteiger partial charge >= 0.3 is 0 Å². The van der Waals surface area contributed by atoms with Gasteiger partial charge in [0.15, 0.2) is 0 Å². The molecule has 0 fully saturated rings. The molecule has 0 saturated carbocycles. The van der Waals surface area contributed by atoms with Crippen molar-refractivity contribution in [1.29, 1.82) is 0 Å². The van der Waals surface area contributed by atoms with Gasteiger partial charge in [0.2, 0.25) is 0 Å². The van der Waals surface area contributed by atoms with Crippen LogP contribution in [0.1, 0.15) is 15.9 Å². The SMILES string of the molecule is COc1cc(OC)cc(-c2nc(-c3ccccc3)c(-c3ccccc3)n2Cc2ccc(C(=O)NCCOCCOCCN)cc2)c1. The molecule has 5 rings (SSSR count). The minimum atomic E-state index is -0.155. The van der Waals surface area contributed by atoms with Crippen LogP contribution in [0, 0.1) is 0 Å². The van der Waals surface area contributed by atoms with Crippen molar-refractivity contribution in [3.63, 3.8) is 0 Å². The zero-order valence-corrected chi connectivity index (χ0v) is 26.3. The van der Waals surface area contributed by atoms with Crippen LogP contribution in [0.5, 0.6) is 11.5 Å². The lowest BCUT2D eigenvalue weighted by atomic mass is 10.0. The van der Waals surface area contributed by atoms with Crippen molar-refractivity contribution in [3.8, 4) is 45.4 Å². The second-order valence-corrected chi connectivity index (χ2v) is 10.5. The molecule has 1 amide bonds. The van der Waals surface area contributed by atoms with Gasteiger partial charge in [0, 0.05) is 48.0 Å². The summed E-state index contributed by atoms with van der Waals surface area (Å²) in [5.74, 6) is 1.96. The maximum Gasteiger partial charge on any atom is 0.251 e. The standard InChI is InChI=1S/C37H40N4O5/c1-43-32-23-31(24-33(25-32)44-2)36-40-34(28-9-5-3-6-10-28)35(29-11-7-4-8-12-29)41(36)26-27-13-15-30(16-14-27)37(42)39-18-20-46-22-21-45-19-17-38/h3-16,23-25H,17-22,26,38H2,1-2H3,(H,39,42). The zero-order chi connectivity index (χ0) is 32.1.